The normalized spacial score (nSPS) is 10.2. The van der Waals surface area contributed by atoms with Crippen LogP contribution in [0.5, 0.6) is 0 Å². The molecule has 0 aliphatic carbocycles. The molecular weight excluding hydrogens is 252 g/mol. The summed E-state index contributed by atoms with van der Waals surface area (Å²) in [4.78, 5) is 13.9. The summed E-state index contributed by atoms with van der Waals surface area (Å²) in [5, 5.41) is 11.5. The zero-order chi connectivity index (χ0) is 15.1. The topological polar surface area (TPSA) is 82.2 Å². The van der Waals surface area contributed by atoms with Gasteiger partial charge in [0.1, 0.15) is 0 Å². The number of carbonyl (C=O) groups is 1. The van der Waals surface area contributed by atoms with Crippen molar-refractivity contribution in [2.75, 3.05) is 23.7 Å². The maximum atomic E-state index is 11.9. The zero-order valence-electron chi connectivity index (χ0n) is 12.3. The highest BCUT2D eigenvalue weighted by Crippen LogP contribution is 2.26. The first-order chi connectivity index (χ1) is 9.51. The molecule has 20 heavy (non-hydrogen) atoms. The number of amides is 1. The molecule has 0 aromatic heterocycles. The maximum absolute atomic E-state index is 11.9. The van der Waals surface area contributed by atoms with Crippen LogP contribution in [0.3, 0.4) is 0 Å². The van der Waals surface area contributed by atoms with Gasteiger partial charge in [-0.15, -0.1) is 0 Å². The molecule has 0 bridgehead atoms. The number of nitriles is 1. The van der Waals surface area contributed by atoms with Crippen LogP contribution in [0, 0.1) is 11.3 Å². The number of nitrogens with one attached hydrogen (secondary N) is 1. The standard InChI is InChI=1S/C15H22N4O/c1-4-18-15(20)12-6-7-13(17)14(10-12)19(11(2)3)9-5-8-16/h6-7,10-11H,4-5,9,17H2,1-3H3,(H,18,20). The van der Waals surface area contributed by atoms with Gasteiger partial charge in [-0.3, -0.25) is 4.79 Å². The van der Waals surface area contributed by atoms with Crippen molar-refractivity contribution in [1.29, 1.82) is 5.26 Å². The quantitative estimate of drug-likeness (QED) is 0.779. The molecule has 1 aromatic carbocycles. The fourth-order valence-corrected chi connectivity index (χ4v) is 2.02. The monoisotopic (exact) mass is 274 g/mol. The van der Waals surface area contributed by atoms with E-state index in [1.54, 1.807) is 18.2 Å². The van der Waals surface area contributed by atoms with Crippen LogP contribution in [-0.4, -0.2) is 25.0 Å². The molecule has 108 valence electrons. The first-order valence-electron chi connectivity index (χ1n) is 6.82. The van der Waals surface area contributed by atoms with Crippen molar-refractivity contribution in [3.8, 4) is 6.07 Å². The zero-order valence-corrected chi connectivity index (χ0v) is 12.3. The highest BCUT2D eigenvalue weighted by molar-refractivity contribution is 5.96. The molecule has 3 N–H and O–H groups in total. The molecule has 0 spiro atoms. The summed E-state index contributed by atoms with van der Waals surface area (Å²) in [7, 11) is 0. The summed E-state index contributed by atoms with van der Waals surface area (Å²) >= 11 is 0. The Labute approximate surface area is 120 Å². The van der Waals surface area contributed by atoms with Crippen LogP contribution in [0.25, 0.3) is 0 Å². The minimum Gasteiger partial charge on any atom is -0.397 e. The van der Waals surface area contributed by atoms with Crippen LogP contribution in [0.1, 0.15) is 37.6 Å². The van der Waals surface area contributed by atoms with Crippen molar-refractivity contribution < 1.29 is 4.79 Å². The van der Waals surface area contributed by atoms with Crippen molar-refractivity contribution in [1.82, 2.24) is 5.32 Å². The van der Waals surface area contributed by atoms with E-state index in [9.17, 15) is 4.79 Å². The van der Waals surface area contributed by atoms with Crippen LogP contribution in [0.4, 0.5) is 11.4 Å². The average Bonchev–Trinajstić information content (AvgIpc) is 2.41. The van der Waals surface area contributed by atoms with E-state index < -0.39 is 0 Å². The van der Waals surface area contributed by atoms with Gasteiger partial charge in [0.2, 0.25) is 0 Å². The van der Waals surface area contributed by atoms with Gasteiger partial charge in [-0.25, -0.2) is 0 Å². The summed E-state index contributed by atoms with van der Waals surface area (Å²) in [6.07, 6.45) is 0.420. The van der Waals surface area contributed by atoms with Crippen LogP contribution < -0.4 is 16.0 Å². The Hall–Kier alpha value is -2.22. The van der Waals surface area contributed by atoms with E-state index in [-0.39, 0.29) is 11.9 Å². The number of rotatable bonds is 6. The Bertz CT molecular complexity index is 505. The fourth-order valence-electron chi connectivity index (χ4n) is 2.02. The van der Waals surface area contributed by atoms with Crippen molar-refractivity contribution in [3.05, 3.63) is 23.8 Å². The minimum absolute atomic E-state index is 0.113. The number of carbonyl (C=O) groups excluding carboxylic acids is 1. The predicted molar refractivity (Wildman–Crippen MR) is 81.6 cm³/mol. The molecule has 1 rings (SSSR count). The number of nitrogens with two attached hydrogens (primary N) is 1. The first-order valence-corrected chi connectivity index (χ1v) is 6.82. The molecule has 1 amide bonds. The van der Waals surface area contributed by atoms with E-state index in [2.05, 4.69) is 11.4 Å². The smallest absolute Gasteiger partial charge is 0.251 e. The van der Waals surface area contributed by atoms with Crippen LogP contribution >= 0.6 is 0 Å². The van der Waals surface area contributed by atoms with E-state index in [1.165, 1.54) is 0 Å². The summed E-state index contributed by atoms with van der Waals surface area (Å²) in [5.41, 5.74) is 8.02. The Kier molecular flexibility index (Phi) is 5.85. The minimum atomic E-state index is -0.113. The maximum Gasteiger partial charge on any atom is 0.251 e. The van der Waals surface area contributed by atoms with Crippen LogP contribution in [0.2, 0.25) is 0 Å². The molecule has 0 fully saturated rings. The van der Waals surface area contributed by atoms with Crippen molar-refractivity contribution >= 4 is 17.3 Å². The first kappa shape index (κ1) is 15.8. The van der Waals surface area contributed by atoms with E-state index in [0.717, 1.165) is 5.69 Å². The van der Waals surface area contributed by atoms with Crippen LogP contribution in [0.15, 0.2) is 18.2 Å². The number of hydrogen-bond donors (Lipinski definition) is 2. The molecule has 5 heteroatoms. The largest absolute Gasteiger partial charge is 0.397 e. The van der Waals surface area contributed by atoms with E-state index >= 15 is 0 Å². The highest BCUT2D eigenvalue weighted by Gasteiger charge is 2.15. The number of nitrogen functional groups attached to an aromatic ring is 1. The van der Waals surface area contributed by atoms with Gasteiger partial charge in [0.15, 0.2) is 0 Å². The lowest BCUT2D eigenvalue weighted by Gasteiger charge is -2.29. The van der Waals surface area contributed by atoms with Crippen molar-refractivity contribution in [2.24, 2.45) is 0 Å². The molecule has 0 radical (unpaired) electrons. The Morgan fingerprint density at radius 1 is 1.50 bits per heavy atom. The van der Waals surface area contributed by atoms with Gasteiger partial charge < -0.3 is 16.0 Å². The molecule has 0 saturated carbocycles. The van der Waals surface area contributed by atoms with E-state index in [4.69, 9.17) is 11.0 Å². The molecule has 0 atom stereocenters. The van der Waals surface area contributed by atoms with Gasteiger partial charge in [0.05, 0.1) is 23.9 Å². The van der Waals surface area contributed by atoms with Crippen LogP contribution in [-0.2, 0) is 0 Å². The SMILES string of the molecule is CCNC(=O)c1ccc(N)c(N(CCC#N)C(C)C)c1. The van der Waals surface area contributed by atoms with E-state index in [0.29, 0.717) is 30.8 Å². The molecule has 0 saturated heterocycles. The molecule has 0 aliphatic heterocycles. The third-order valence-corrected chi connectivity index (χ3v) is 3.03. The van der Waals surface area contributed by atoms with Gasteiger partial charge in [0, 0.05) is 24.7 Å². The Balaban J connectivity index is 3.10. The third kappa shape index (κ3) is 3.89. The third-order valence-electron chi connectivity index (χ3n) is 3.03. The van der Waals surface area contributed by atoms with Crippen molar-refractivity contribution in [2.45, 2.75) is 33.2 Å². The number of benzene rings is 1. The highest BCUT2D eigenvalue weighted by atomic mass is 16.1. The average molecular weight is 274 g/mol. The summed E-state index contributed by atoms with van der Waals surface area (Å²) in [6, 6.07) is 7.58. The second-order valence-corrected chi connectivity index (χ2v) is 4.83. The lowest BCUT2D eigenvalue weighted by Crippen LogP contribution is -2.32. The number of nitrogens with zero attached hydrogens (tertiary/aromatic N) is 2. The summed E-state index contributed by atoms with van der Waals surface area (Å²) in [5.74, 6) is -0.113. The van der Waals surface area contributed by atoms with E-state index in [1.807, 2.05) is 25.7 Å². The molecule has 0 aliphatic rings. The van der Waals surface area contributed by atoms with Gasteiger partial charge in [-0.2, -0.15) is 5.26 Å². The Morgan fingerprint density at radius 2 is 2.20 bits per heavy atom. The van der Waals surface area contributed by atoms with Gasteiger partial charge >= 0.3 is 0 Å². The predicted octanol–water partition coefficient (Wildman–Crippen LogP) is 2.15. The number of anilines is 2. The lowest BCUT2D eigenvalue weighted by atomic mass is 10.1. The van der Waals surface area contributed by atoms with Gasteiger partial charge in [-0.05, 0) is 39.0 Å². The summed E-state index contributed by atoms with van der Waals surface area (Å²) < 4.78 is 0. The molecule has 5 nitrogen and oxygen atoms in total. The number of hydrogen-bond acceptors (Lipinski definition) is 4. The Morgan fingerprint density at radius 3 is 2.75 bits per heavy atom. The van der Waals surface area contributed by atoms with Gasteiger partial charge in [0.25, 0.3) is 5.91 Å². The summed E-state index contributed by atoms with van der Waals surface area (Å²) in [6.45, 7) is 7.13. The molecular formula is C15H22N4O. The molecule has 0 unspecified atom stereocenters. The fraction of sp³-hybridized carbons (Fsp3) is 0.467. The van der Waals surface area contributed by atoms with Crippen molar-refractivity contribution in [3.63, 3.8) is 0 Å². The molecule has 1 aromatic rings. The second-order valence-electron chi connectivity index (χ2n) is 4.83. The second kappa shape index (κ2) is 7.39. The lowest BCUT2D eigenvalue weighted by molar-refractivity contribution is 0.0956. The van der Waals surface area contributed by atoms with Gasteiger partial charge in [-0.1, -0.05) is 0 Å². The molecule has 0 heterocycles.